The number of nitriles is 1. The molecule has 0 amide bonds. The molecule has 0 fully saturated rings. The molecule has 0 saturated carbocycles. The standard InChI is InChI=1S/C26H27N3O5/c1-4-5-14-34-19-13-9-12-18(15-19)29-23(26(31)33-3)22(25(30)32-2)21(20(16-27)24(29)28)17-10-7-6-8-11-17/h6-13,15,21H,4-5,14,28H2,1-3H3. The molecule has 2 N–H and O–H groups in total. The van der Waals surface area contributed by atoms with E-state index in [1.165, 1.54) is 19.1 Å². The van der Waals surface area contributed by atoms with E-state index in [-0.39, 0.29) is 22.7 Å². The molecule has 1 aliphatic rings. The first-order valence-corrected chi connectivity index (χ1v) is 10.9. The van der Waals surface area contributed by atoms with Crippen molar-refractivity contribution in [3.8, 4) is 11.8 Å². The van der Waals surface area contributed by atoms with Gasteiger partial charge in [0.2, 0.25) is 0 Å². The van der Waals surface area contributed by atoms with Crippen LogP contribution in [0.25, 0.3) is 0 Å². The first kappa shape index (κ1) is 24.4. The van der Waals surface area contributed by atoms with Crippen molar-refractivity contribution in [1.29, 1.82) is 5.26 Å². The maximum atomic E-state index is 13.1. The second kappa shape index (κ2) is 11.1. The quantitative estimate of drug-likeness (QED) is 0.467. The molecular formula is C26H27N3O5. The number of hydrogen-bond donors (Lipinski definition) is 1. The number of benzene rings is 2. The van der Waals surface area contributed by atoms with E-state index < -0.39 is 17.9 Å². The van der Waals surface area contributed by atoms with Gasteiger partial charge in [0.15, 0.2) is 0 Å². The van der Waals surface area contributed by atoms with Crippen molar-refractivity contribution < 1.29 is 23.8 Å². The Morgan fingerprint density at radius 2 is 1.76 bits per heavy atom. The molecule has 176 valence electrons. The van der Waals surface area contributed by atoms with Gasteiger partial charge in [-0.15, -0.1) is 0 Å². The van der Waals surface area contributed by atoms with E-state index >= 15 is 0 Å². The third-order valence-electron chi connectivity index (χ3n) is 5.45. The summed E-state index contributed by atoms with van der Waals surface area (Å²) in [6.45, 7) is 2.59. The minimum atomic E-state index is -0.909. The van der Waals surface area contributed by atoms with Crippen LogP contribution in [0.3, 0.4) is 0 Å². The molecule has 2 aromatic carbocycles. The van der Waals surface area contributed by atoms with Crippen LogP contribution >= 0.6 is 0 Å². The summed E-state index contributed by atoms with van der Waals surface area (Å²) >= 11 is 0. The topological polar surface area (TPSA) is 115 Å². The van der Waals surface area contributed by atoms with Crippen molar-refractivity contribution in [3.63, 3.8) is 0 Å². The van der Waals surface area contributed by atoms with E-state index in [1.54, 1.807) is 48.5 Å². The van der Waals surface area contributed by atoms with Crippen LogP contribution in [0, 0.1) is 11.3 Å². The molecule has 0 radical (unpaired) electrons. The molecule has 8 heteroatoms. The lowest BCUT2D eigenvalue weighted by atomic mass is 9.81. The van der Waals surface area contributed by atoms with Crippen molar-refractivity contribution in [1.82, 2.24) is 0 Å². The number of methoxy groups -OCH3 is 2. The Balaban J connectivity index is 2.28. The molecule has 8 nitrogen and oxygen atoms in total. The Bertz CT molecular complexity index is 1160. The number of nitrogens with zero attached hydrogens (tertiary/aromatic N) is 2. The Morgan fingerprint density at radius 1 is 1.06 bits per heavy atom. The molecule has 1 aliphatic heterocycles. The van der Waals surface area contributed by atoms with Gasteiger partial charge in [0.25, 0.3) is 0 Å². The molecule has 0 aromatic heterocycles. The van der Waals surface area contributed by atoms with Crippen LogP contribution in [-0.2, 0) is 19.1 Å². The van der Waals surface area contributed by atoms with Gasteiger partial charge in [-0.05, 0) is 24.1 Å². The van der Waals surface area contributed by atoms with Crippen molar-refractivity contribution in [2.45, 2.75) is 25.7 Å². The first-order valence-electron chi connectivity index (χ1n) is 10.9. The van der Waals surface area contributed by atoms with Gasteiger partial charge in [0, 0.05) is 6.07 Å². The largest absolute Gasteiger partial charge is 0.494 e. The zero-order chi connectivity index (χ0) is 24.7. The lowest BCUT2D eigenvalue weighted by molar-refractivity contribution is -0.139. The molecule has 3 rings (SSSR count). The average molecular weight is 462 g/mol. The average Bonchev–Trinajstić information content (AvgIpc) is 2.87. The number of nitrogens with two attached hydrogens (primary N) is 1. The van der Waals surface area contributed by atoms with Gasteiger partial charge in [0.1, 0.15) is 17.3 Å². The molecule has 0 saturated heterocycles. The van der Waals surface area contributed by atoms with Gasteiger partial charge in [-0.3, -0.25) is 4.90 Å². The molecule has 0 bridgehead atoms. The zero-order valence-electron chi connectivity index (χ0n) is 19.4. The molecule has 2 aromatic rings. The van der Waals surface area contributed by atoms with Gasteiger partial charge >= 0.3 is 11.9 Å². The van der Waals surface area contributed by atoms with E-state index in [1.807, 2.05) is 6.07 Å². The summed E-state index contributed by atoms with van der Waals surface area (Å²) in [5.41, 5.74) is 7.50. The molecule has 0 spiro atoms. The van der Waals surface area contributed by atoms with Crippen molar-refractivity contribution in [2.75, 3.05) is 25.7 Å². The Hall–Kier alpha value is -4.25. The minimum absolute atomic E-state index is 0.00937. The van der Waals surface area contributed by atoms with Gasteiger partial charge in [-0.2, -0.15) is 5.26 Å². The number of esters is 2. The lowest BCUT2D eigenvalue weighted by Gasteiger charge is -2.36. The summed E-state index contributed by atoms with van der Waals surface area (Å²) in [6.07, 6.45) is 1.86. The number of unbranched alkanes of at least 4 members (excludes halogenated alkanes) is 1. The smallest absolute Gasteiger partial charge is 0.355 e. The van der Waals surface area contributed by atoms with Crippen molar-refractivity contribution in [2.24, 2.45) is 5.73 Å². The highest BCUT2D eigenvalue weighted by atomic mass is 16.5. The maximum Gasteiger partial charge on any atom is 0.355 e. The number of ether oxygens (including phenoxy) is 3. The van der Waals surface area contributed by atoms with Crippen LogP contribution in [0.4, 0.5) is 5.69 Å². The van der Waals surface area contributed by atoms with Gasteiger partial charge in [-0.1, -0.05) is 49.7 Å². The number of rotatable bonds is 8. The number of allylic oxidation sites excluding steroid dienone is 1. The number of carbonyl (C=O) groups excluding carboxylic acids is 2. The Labute approximate surface area is 198 Å². The van der Waals surface area contributed by atoms with Gasteiger partial charge < -0.3 is 19.9 Å². The summed E-state index contributed by atoms with van der Waals surface area (Å²) in [4.78, 5) is 27.5. The van der Waals surface area contributed by atoms with Gasteiger partial charge in [-0.25, -0.2) is 9.59 Å². The van der Waals surface area contributed by atoms with E-state index in [0.717, 1.165) is 12.8 Å². The SMILES string of the molecule is CCCCOc1cccc(N2C(N)=C(C#N)C(c3ccccc3)C(C(=O)OC)=C2C(=O)OC)c1. The fourth-order valence-electron chi connectivity index (χ4n) is 3.83. The van der Waals surface area contributed by atoms with Crippen LogP contribution < -0.4 is 15.4 Å². The first-order chi connectivity index (χ1) is 16.5. The normalized spacial score (nSPS) is 15.6. The number of hydrogen-bond acceptors (Lipinski definition) is 8. The molecule has 1 atom stereocenters. The van der Waals surface area contributed by atoms with E-state index in [0.29, 0.717) is 23.6 Å². The summed E-state index contributed by atoms with van der Waals surface area (Å²) in [7, 11) is 2.43. The lowest BCUT2D eigenvalue weighted by Crippen LogP contribution is -2.40. The van der Waals surface area contributed by atoms with Crippen LogP contribution in [0.5, 0.6) is 5.75 Å². The zero-order valence-corrected chi connectivity index (χ0v) is 19.4. The monoisotopic (exact) mass is 461 g/mol. The summed E-state index contributed by atoms with van der Waals surface area (Å²) < 4.78 is 15.9. The highest BCUT2D eigenvalue weighted by molar-refractivity contribution is 6.06. The molecule has 34 heavy (non-hydrogen) atoms. The third kappa shape index (κ3) is 4.74. The van der Waals surface area contributed by atoms with E-state index in [9.17, 15) is 14.9 Å². The van der Waals surface area contributed by atoms with Crippen LogP contribution in [0.15, 0.2) is 77.3 Å². The fourth-order valence-corrected chi connectivity index (χ4v) is 3.83. The van der Waals surface area contributed by atoms with Crippen LogP contribution in [0.2, 0.25) is 0 Å². The third-order valence-corrected chi connectivity index (χ3v) is 5.45. The highest BCUT2D eigenvalue weighted by Crippen LogP contribution is 2.43. The summed E-state index contributed by atoms with van der Waals surface area (Å²) in [5, 5.41) is 10.1. The van der Waals surface area contributed by atoms with E-state index in [4.69, 9.17) is 19.9 Å². The molecule has 1 heterocycles. The predicted octanol–water partition coefficient (Wildman–Crippen LogP) is 3.76. The Kier molecular flexibility index (Phi) is 7.93. The summed E-state index contributed by atoms with van der Waals surface area (Å²) in [6, 6.07) is 17.9. The fraction of sp³-hybridized carbons (Fsp3) is 0.269. The van der Waals surface area contributed by atoms with Crippen LogP contribution in [-0.4, -0.2) is 32.8 Å². The minimum Gasteiger partial charge on any atom is -0.494 e. The second-order valence-corrected chi connectivity index (χ2v) is 7.53. The second-order valence-electron chi connectivity index (χ2n) is 7.53. The number of carbonyl (C=O) groups is 2. The van der Waals surface area contributed by atoms with Gasteiger partial charge in [0.05, 0.1) is 49.6 Å². The molecular weight excluding hydrogens is 434 g/mol. The summed E-state index contributed by atoms with van der Waals surface area (Å²) in [5.74, 6) is -1.90. The number of anilines is 1. The predicted molar refractivity (Wildman–Crippen MR) is 126 cm³/mol. The van der Waals surface area contributed by atoms with E-state index in [2.05, 4.69) is 13.0 Å². The van der Waals surface area contributed by atoms with Crippen molar-refractivity contribution >= 4 is 17.6 Å². The Morgan fingerprint density at radius 3 is 2.38 bits per heavy atom. The molecule has 1 unspecified atom stereocenters. The maximum absolute atomic E-state index is 13.1. The highest BCUT2D eigenvalue weighted by Gasteiger charge is 2.43. The molecule has 0 aliphatic carbocycles. The van der Waals surface area contributed by atoms with Crippen LogP contribution in [0.1, 0.15) is 31.2 Å². The van der Waals surface area contributed by atoms with Crippen molar-refractivity contribution in [3.05, 3.63) is 82.8 Å².